The number of rotatable bonds is 6. The van der Waals surface area contributed by atoms with Crippen molar-refractivity contribution in [1.29, 1.82) is 0 Å². The van der Waals surface area contributed by atoms with Gasteiger partial charge in [0, 0.05) is 11.4 Å². The lowest BCUT2D eigenvalue weighted by atomic mass is 9.69. The maximum Gasteiger partial charge on any atom is 0.465 e. The summed E-state index contributed by atoms with van der Waals surface area (Å²) in [5, 5.41) is 0. The van der Waals surface area contributed by atoms with Gasteiger partial charge in [-0.05, 0) is 40.2 Å². The minimum absolute atomic E-state index is 0.0868. The molecule has 1 saturated heterocycles. The molecule has 1 aliphatic rings. The van der Waals surface area contributed by atoms with Crippen molar-refractivity contribution in [3.8, 4) is 0 Å². The molecule has 0 bridgehead atoms. The van der Waals surface area contributed by atoms with Crippen LogP contribution in [0.5, 0.6) is 0 Å². The normalized spacial score (nSPS) is 21.5. The number of allylic oxidation sites excluding steroid dienone is 1. The van der Waals surface area contributed by atoms with Crippen LogP contribution in [0, 0.1) is 0 Å². The highest BCUT2D eigenvalue weighted by atomic mass is 19.1. The van der Waals surface area contributed by atoms with E-state index in [1.54, 1.807) is 18.2 Å². The predicted molar refractivity (Wildman–Crippen MR) is 94.9 cm³/mol. The Kier molecular flexibility index (Phi) is 5.69. The third kappa shape index (κ3) is 4.24. The SMILES string of the molecule is CCCC[C@@H](/C=C(\F)c1ccccc1)B1OC(C)(C)C(C)(C)O1. The van der Waals surface area contributed by atoms with Gasteiger partial charge in [-0.15, -0.1) is 0 Å². The van der Waals surface area contributed by atoms with E-state index in [0.717, 1.165) is 19.3 Å². The van der Waals surface area contributed by atoms with Crippen molar-refractivity contribution in [2.45, 2.75) is 70.9 Å². The topological polar surface area (TPSA) is 18.5 Å². The molecule has 0 aromatic heterocycles. The molecule has 0 aliphatic carbocycles. The third-order valence-corrected chi connectivity index (χ3v) is 4.92. The average Bonchev–Trinajstić information content (AvgIpc) is 2.72. The van der Waals surface area contributed by atoms with Gasteiger partial charge in [-0.3, -0.25) is 0 Å². The summed E-state index contributed by atoms with van der Waals surface area (Å²) >= 11 is 0. The molecular formula is C19H28BFO2. The van der Waals surface area contributed by atoms with Crippen LogP contribution in [0.1, 0.15) is 59.4 Å². The molecule has 0 unspecified atom stereocenters. The predicted octanol–water partition coefficient (Wildman–Crippen LogP) is 5.65. The Labute approximate surface area is 140 Å². The molecule has 1 aliphatic heterocycles. The van der Waals surface area contributed by atoms with Crippen LogP contribution in [0.25, 0.3) is 5.83 Å². The Morgan fingerprint density at radius 3 is 2.22 bits per heavy atom. The van der Waals surface area contributed by atoms with Crippen LogP contribution in [-0.2, 0) is 9.31 Å². The monoisotopic (exact) mass is 318 g/mol. The maximum absolute atomic E-state index is 14.6. The summed E-state index contributed by atoms with van der Waals surface area (Å²) in [6, 6.07) is 9.15. The first kappa shape index (κ1) is 18.2. The Morgan fingerprint density at radius 1 is 1.13 bits per heavy atom. The smallest absolute Gasteiger partial charge is 0.403 e. The summed E-state index contributed by atoms with van der Waals surface area (Å²) in [6.45, 7) is 10.3. The summed E-state index contributed by atoms with van der Waals surface area (Å²) in [6.07, 6.45) is 4.62. The van der Waals surface area contributed by atoms with Crippen LogP contribution in [0.2, 0.25) is 5.82 Å². The first-order valence-corrected chi connectivity index (χ1v) is 8.55. The number of hydrogen-bond donors (Lipinski definition) is 0. The zero-order valence-corrected chi connectivity index (χ0v) is 14.9. The van der Waals surface area contributed by atoms with Crippen molar-refractivity contribution in [3.63, 3.8) is 0 Å². The molecule has 0 saturated carbocycles. The molecule has 1 fully saturated rings. The third-order valence-electron chi connectivity index (χ3n) is 4.92. The van der Waals surface area contributed by atoms with Crippen LogP contribution in [-0.4, -0.2) is 18.3 Å². The molecule has 1 aromatic carbocycles. The molecule has 23 heavy (non-hydrogen) atoms. The van der Waals surface area contributed by atoms with Crippen molar-refractivity contribution in [3.05, 3.63) is 42.0 Å². The van der Waals surface area contributed by atoms with Gasteiger partial charge < -0.3 is 9.31 Å². The van der Waals surface area contributed by atoms with Gasteiger partial charge in [0.15, 0.2) is 0 Å². The van der Waals surface area contributed by atoms with Crippen LogP contribution in [0.3, 0.4) is 0 Å². The number of unbranched alkanes of at least 4 members (excludes halogenated alkanes) is 1. The van der Waals surface area contributed by atoms with Gasteiger partial charge in [0.1, 0.15) is 5.83 Å². The molecule has 1 heterocycles. The Balaban J connectivity index is 2.21. The fourth-order valence-corrected chi connectivity index (χ4v) is 2.68. The minimum Gasteiger partial charge on any atom is -0.403 e. The Bertz CT molecular complexity index is 524. The molecule has 4 heteroatoms. The highest BCUT2D eigenvalue weighted by Crippen LogP contribution is 2.42. The lowest BCUT2D eigenvalue weighted by Crippen LogP contribution is -2.41. The van der Waals surface area contributed by atoms with Gasteiger partial charge in [0.05, 0.1) is 11.2 Å². The quantitative estimate of drug-likeness (QED) is 0.631. The highest BCUT2D eigenvalue weighted by Gasteiger charge is 2.53. The first-order chi connectivity index (χ1) is 10.8. The van der Waals surface area contributed by atoms with Crippen molar-refractivity contribution in [1.82, 2.24) is 0 Å². The highest BCUT2D eigenvalue weighted by molar-refractivity contribution is 6.48. The molecule has 0 N–H and O–H groups in total. The van der Waals surface area contributed by atoms with Gasteiger partial charge in [-0.1, -0.05) is 50.1 Å². The lowest BCUT2D eigenvalue weighted by molar-refractivity contribution is 0.00578. The van der Waals surface area contributed by atoms with E-state index in [-0.39, 0.29) is 22.8 Å². The average molecular weight is 318 g/mol. The maximum atomic E-state index is 14.6. The van der Waals surface area contributed by atoms with Crippen molar-refractivity contribution in [2.24, 2.45) is 0 Å². The van der Waals surface area contributed by atoms with E-state index >= 15 is 0 Å². The van der Waals surface area contributed by atoms with E-state index in [0.29, 0.717) is 5.56 Å². The van der Waals surface area contributed by atoms with Gasteiger partial charge in [0.2, 0.25) is 0 Å². The molecule has 126 valence electrons. The molecular weight excluding hydrogens is 290 g/mol. The second-order valence-electron chi connectivity index (χ2n) is 7.31. The Morgan fingerprint density at radius 2 is 1.70 bits per heavy atom. The van der Waals surface area contributed by atoms with Gasteiger partial charge in [-0.2, -0.15) is 0 Å². The van der Waals surface area contributed by atoms with E-state index < -0.39 is 7.12 Å². The standard InChI is InChI=1S/C19H28BFO2/c1-6-7-13-16(14-17(21)15-11-9-8-10-12-15)20-22-18(2,3)19(4,5)23-20/h8-12,14,16H,6-7,13H2,1-5H3/b17-14-/t16-/m0/s1. The van der Waals surface area contributed by atoms with Crippen molar-refractivity contribution < 1.29 is 13.7 Å². The molecule has 2 rings (SSSR count). The summed E-state index contributed by atoms with van der Waals surface area (Å²) in [4.78, 5) is 0. The summed E-state index contributed by atoms with van der Waals surface area (Å²) < 4.78 is 26.9. The molecule has 1 atom stereocenters. The van der Waals surface area contributed by atoms with E-state index in [1.807, 2.05) is 45.9 Å². The molecule has 0 amide bonds. The fourth-order valence-electron chi connectivity index (χ4n) is 2.68. The summed E-state index contributed by atoms with van der Waals surface area (Å²) in [7, 11) is -0.402. The van der Waals surface area contributed by atoms with Gasteiger partial charge in [0.25, 0.3) is 0 Å². The zero-order chi connectivity index (χ0) is 17.1. The largest absolute Gasteiger partial charge is 0.465 e. The van der Waals surface area contributed by atoms with E-state index in [4.69, 9.17) is 9.31 Å². The molecule has 0 spiro atoms. The van der Waals surface area contributed by atoms with Gasteiger partial charge >= 0.3 is 7.12 Å². The summed E-state index contributed by atoms with van der Waals surface area (Å²) in [5.74, 6) is -0.294. The molecule has 2 nitrogen and oxygen atoms in total. The lowest BCUT2D eigenvalue weighted by Gasteiger charge is -2.32. The fraction of sp³-hybridized carbons (Fsp3) is 0.579. The minimum atomic E-state index is -0.402. The number of benzene rings is 1. The van der Waals surface area contributed by atoms with E-state index in [9.17, 15) is 4.39 Å². The van der Waals surface area contributed by atoms with Crippen LogP contribution < -0.4 is 0 Å². The summed E-state index contributed by atoms with van der Waals surface area (Å²) in [5.41, 5.74) is -0.177. The van der Waals surface area contributed by atoms with Crippen LogP contribution >= 0.6 is 0 Å². The Hall–Kier alpha value is -1.13. The van der Waals surface area contributed by atoms with E-state index in [1.165, 1.54) is 0 Å². The second-order valence-corrected chi connectivity index (χ2v) is 7.31. The number of hydrogen-bond acceptors (Lipinski definition) is 2. The van der Waals surface area contributed by atoms with Crippen LogP contribution in [0.4, 0.5) is 4.39 Å². The number of halogens is 1. The zero-order valence-electron chi connectivity index (χ0n) is 14.9. The second kappa shape index (κ2) is 7.19. The van der Waals surface area contributed by atoms with E-state index in [2.05, 4.69) is 6.92 Å². The molecule has 1 aromatic rings. The van der Waals surface area contributed by atoms with Crippen molar-refractivity contribution in [2.75, 3.05) is 0 Å². The molecule has 0 radical (unpaired) electrons. The van der Waals surface area contributed by atoms with Crippen LogP contribution in [0.15, 0.2) is 36.4 Å². The van der Waals surface area contributed by atoms with Crippen molar-refractivity contribution >= 4 is 12.9 Å². The van der Waals surface area contributed by atoms with Gasteiger partial charge in [-0.25, -0.2) is 4.39 Å². The first-order valence-electron chi connectivity index (χ1n) is 8.55.